The molecule has 1 aromatic carbocycles. The third-order valence-corrected chi connectivity index (χ3v) is 4.03. The van der Waals surface area contributed by atoms with E-state index in [1.807, 2.05) is 0 Å². The van der Waals surface area contributed by atoms with Crippen LogP contribution < -0.4 is 16.4 Å². The molecule has 24 heavy (non-hydrogen) atoms. The van der Waals surface area contributed by atoms with Crippen molar-refractivity contribution in [2.24, 2.45) is 5.73 Å². The molecule has 2 rings (SSSR count). The molecule has 1 saturated carbocycles. The summed E-state index contributed by atoms with van der Waals surface area (Å²) in [6, 6.07) is 3.81. The van der Waals surface area contributed by atoms with E-state index in [0.29, 0.717) is 0 Å². The smallest absolute Gasteiger partial charge is 0.350 e. The van der Waals surface area contributed by atoms with E-state index >= 15 is 0 Å². The molecule has 132 valence electrons. The van der Waals surface area contributed by atoms with Gasteiger partial charge in [-0.05, 0) is 31.0 Å². The number of hydrogen-bond acceptors (Lipinski definition) is 3. The second-order valence-corrected chi connectivity index (χ2v) is 5.88. The van der Waals surface area contributed by atoms with Crippen LogP contribution in [0.3, 0.4) is 0 Å². The van der Waals surface area contributed by atoms with Gasteiger partial charge in [0, 0.05) is 17.6 Å². The van der Waals surface area contributed by atoms with Gasteiger partial charge in [-0.1, -0.05) is 18.9 Å². The molecule has 0 spiro atoms. The van der Waals surface area contributed by atoms with Crippen molar-refractivity contribution in [3.8, 4) is 0 Å². The number of amides is 2. The predicted octanol–water partition coefficient (Wildman–Crippen LogP) is 1.82. The molecule has 0 aliphatic heterocycles. The number of nitrogens with two attached hydrogens (primary N) is 1. The summed E-state index contributed by atoms with van der Waals surface area (Å²) in [4.78, 5) is 23.8. The standard InChI is InChI=1S/C16H20F3N3O2/c17-16(18,19)11-5-3-4-10(8-11)15(24)21-9-14(23)22-13-7-2-1-6-12(13)20/h3-5,8,12-13H,1-2,6-7,9,20H2,(H,21,24)(H,22,23)/t12-,13-/m0/s1. The van der Waals surface area contributed by atoms with E-state index in [1.165, 1.54) is 6.07 Å². The Balaban J connectivity index is 1.87. The minimum Gasteiger partial charge on any atom is -0.350 e. The first-order chi connectivity index (χ1) is 11.3. The number of alkyl halides is 3. The predicted molar refractivity (Wildman–Crippen MR) is 82.2 cm³/mol. The summed E-state index contributed by atoms with van der Waals surface area (Å²) < 4.78 is 37.9. The van der Waals surface area contributed by atoms with Gasteiger partial charge in [-0.3, -0.25) is 9.59 Å². The van der Waals surface area contributed by atoms with Crippen molar-refractivity contribution in [3.05, 3.63) is 35.4 Å². The fraction of sp³-hybridized carbons (Fsp3) is 0.500. The molecule has 0 radical (unpaired) electrons. The zero-order chi connectivity index (χ0) is 17.7. The van der Waals surface area contributed by atoms with E-state index in [1.54, 1.807) is 0 Å². The maximum absolute atomic E-state index is 12.6. The Hall–Kier alpha value is -2.09. The van der Waals surface area contributed by atoms with Crippen LogP contribution in [0.25, 0.3) is 0 Å². The normalized spacial score (nSPS) is 21.2. The Labute approximate surface area is 137 Å². The van der Waals surface area contributed by atoms with Crippen molar-refractivity contribution < 1.29 is 22.8 Å². The molecule has 8 heteroatoms. The number of benzene rings is 1. The van der Waals surface area contributed by atoms with Gasteiger partial charge < -0.3 is 16.4 Å². The maximum atomic E-state index is 12.6. The molecule has 1 aliphatic carbocycles. The Bertz CT molecular complexity index is 604. The average molecular weight is 343 g/mol. The quantitative estimate of drug-likeness (QED) is 0.780. The van der Waals surface area contributed by atoms with Gasteiger partial charge in [0.15, 0.2) is 0 Å². The Kier molecular flexibility index (Phi) is 5.82. The summed E-state index contributed by atoms with van der Waals surface area (Å²) in [5.41, 5.74) is 4.87. The molecule has 5 nitrogen and oxygen atoms in total. The van der Waals surface area contributed by atoms with E-state index in [2.05, 4.69) is 10.6 Å². The molecule has 4 N–H and O–H groups in total. The molecule has 0 heterocycles. The Morgan fingerprint density at radius 3 is 2.58 bits per heavy atom. The summed E-state index contributed by atoms with van der Waals surface area (Å²) in [5, 5.41) is 5.08. The van der Waals surface area contributed by atoms with Crippen molar-refractivity contribution in [2.75, 3.05) is 6.54 Å². The van der Waals surface area contributed by atoms with Crippen LogP contribution in [0.1, 0.15) is 41.6 Å². The second-order valence-electron chi connectivity index (χ2n) is 5.88. The van der Waals surface area contributed by atoms with Gasteiger partial charge in [0.2, 0.25) is 5.91 Å². The van der Waals surface area contributed by atoms with E-state index in [9.17, 15) is 22.8 Å². The first-order valence-corrected chi connectivity index (χ1v) is 7.78. The SMILES string of the molecule is N[C@H]1CCCC[C@@H]1NC(=O)CNC(=O)c1cccc(C(F)(F)F)c1. The largest absolute Gasteiger partial charge is 0.416 e. The fourth-order valence-electron chi connectivity index (χ4n) is 2.70. The van der Waals surface area contributed by atoms with Crippen LogP contribution in [0, 0.1) is 0 Å². The van der Waals surface area contributed by atoms with Gasteiger partial charge in [0.05, 0.1) is 12.1 Å². The Morgan fingerprint density at radius 2 is 1.92 bits per heavy atom. The van der Waals surface area contributed by atoms with Gasteiger partial charge in [-0.2, -0.15) is 13.2 Å². The lowest BCUT2D eigenvalue weighted by Gasteiger charge is -2.29. The number of halogens is 3. The number of carbonyl (C=O) groups is 2. The lowest BCUT2D eigenvalue weighted by molar-refractivity contribution is -0.137. The molecule has 1 aliphatic rings. The molecule has 2 atom stereocenters. The topological polar surface area (TPSA) is 84.2 Å². The van der Waals surface area contributed by atoms with Crippen LogP contribution in [0.5, 0.6) is 0 Å². The van der Waals surface area contributed by atoms with Crippen LogP contribution in [0.2, 0.25) is 0 Å². The molecular weight excluding hydrogens is 323 g/mol. The summed E-state index contributed by atoms with van der Waals surface area (Å²) in [6.07, 6.45) is -0.893. The second kappa shape index (κ2) is 7.65. The van der Waals surface area contributed by atoms with Crippen molar-refractivity contribution >= 4 is 11.8 Å². The van der Waals surface area contributed by atoms with Crippen LogP contribution in [-0.2, 0) is 11.0 Å². The molecule has 1 fully saturated rings. The van der Waals surface area contributed by atoms with Crippen molar-refractivity contribution in [3.63, 3.8) is 0 Å². The van der Waals surface area contributed by atoms with Gasteiger partial charge in [-0.25, -0.2) is 0 Å². The molecule has 0 saturated heterocycles. The van der Waals surface area contributed by atoms with Crippen LogP contribution in [0.4, 0.5) is 13.2 Å². The number of carbonyl (C=O) groups excluding carboxylic acids is 2. The van der Waals surface area contributed by atoms with Gasteiger partial charge >= 0.3 is 6.18 Å². The van der Waals surface area contributed by atoms with Crippen molar-refractivity contribution in [2.45, 2.75) is 43.9 Å². The zero-order valence-electron chi connectivity index (χ0n) is 13.0. The summed E-state index contributed by atoms with van der Waals surface area (Å²) in [6.45, 7) is -0.307. The average Bonchev–Trinajstić information content (AvgIpc) is 2.54. The minimum absolute atomic E-state index is 0.109. The number of rotatable bonds is 4. The third kappa shape index (κ3) is 4.95. The number of nitrogens with one attached hydrogen (secondary N) is 2. The first kappa shape index (κ1) is 18.3. The molecule has 1 aromatic rings. The fourth-order valence-corrected chi connectivity index (χ4v) is 2.70. The summed E-state index contributed by atoms with van der Waals surface area (Å²) in [5.74, 6) is -1.14. The van der Waals surface area contributed by atoms with E-state index in [0.717, 1.165) is 43.9 Å². The highest BCUT2D eigenvalue weighted by atomic mass is 19.4. The number of hydrogen-bond donors (Lipinski definition) is 3. The van der Waals surface area contributed by atoms with E-state index < -0.39 is 23.6 Å². The summed E-state index contributed by atoms with van der Waals surface area (Å²) in [7, 11) is 0. The monoisotopic (exact) mass is 343 g/mol. The van der Waals surface area contributed by atoms with Crippen LogP contribution in [0.15, 0.2) is 24.3 Å². The van der Waals surface area contributed by atoms with E-state index in [-0.39, 0.29) is 24.2 Å². The Morgan fingerprint density at radius 1 is 1.21 bits per heavy atom. The van der Waals surface area contributed by atoms with Gasteiger partial charge in [-0.15, -0.1) is 0 Å². The lowest BCUT2D eigenvalue weighted by Crippen LogP contribution is -2.51. The molecule has 0 aromatic heterocycles. The molecular formula is C16H20F3N3O2. The van der Waals surface area contributed by atoms with Crippen molar-refractivity contribution in [1.29, 1.82) is 0 Å². The van der Waals surface area contributed by atoms with E-state index in [4.69, 9.17) is 5.73 Å². The third-order valence-electron chi connectivity index (χ3n) is 4.03. The van der Waals surface area contributed by atoms with Crippen LogP contribution >= 0.6 is 0 Å². The molecule has 2 amide bonds. The highest BCUT2D eigenvalue weighted by Crippen LogP contribution is 2.29. The molecule has 0 bridgehead atoms. The maximum Gasteiger partial charge on any atom is 0.416 e. The van der Waals surface area contributed by atoms with Crippen molar-refractivity contribution in [1.82, 2.24) is 10.6 Å². The summed E-state index contributed by atoms with van der Waals surface area (Å²) >= 11 is 0. The highest BCUT2D eigenvalue weighted by Gasteiger charge is 2.31. The van der Waals surface area contributed by atoms with Gasteiger partial charge in [0.25, 0.3) is 5.91 Å². The zero-order valence-corrected chi connectivity index (χ0v) is 13.0. The van der Waals surface area contributed by atoms with Gasteiger partial charge in [0.1, 0.15) is 0 Å². The highest BCUT2D eigenvalue weighted by molar-refractivity contribution is 5.96. The minimum atomic E-state index is -4.52. The van der Waals surface area contributed by atoms with Crippen LogP contribution in [-0.4, -0.2) is 30.4 Å². The first-order valence-electron chi connectivity index (χ1n) is 7.78. The molecule has 0 unspecified atom stereocenters. The lowest BCUT2D eigenvalue weighted by atomic mass is 9.91.